The molecule has 10 rings (SSSR count). The van der Waals surface area contributed by atoms with Gasteiger partial charge in [0, 0.05) is 44.2 Å². The van der Waals surface area contributed by atoms with E-state index in [4.69, 9.17) is 9.40 Å². The Bertz CT molecular complexity index is 2830. The fourth-order valence-electron chi connectivity index (χ4n) is 7.39. The molecule has 0 N–H and O–H groups in total. The van der Waals surface area contributed by atoms with E-state index in [9.17, 15) is 0 Å². The Morgan fingerprint density at radius 1 is 0.417 bits per heavy atom. The van der Waals surface area contributed by atoms with Crippen LogP contribution in [-0.2, 0) is 0 Å². The van der Waals surface area contributed by atoms with Crippen molar-refractivity contribution in [2.45, 2.75) is 0 Å². The second-order valence-corrected chi connectivity index (χ2v) is 12.3. The Morgan fingerprint density at radius 2 is 1.15 bits per heavy atom. The monoisotopic (exact) mass is 612 g/mol. The molecule has 0 bridgehead atoms. The van der Waals surface area contributed by atoms with Crippen molar-refractivity contribution in [1.82, 2.24) is 9.55 Å². The SMILES string of the molecule is c1ccc(-c2ccc3c(c2)c2ccccc2n3-c2ccc3c(c2)oc2cccc(-c4cc(-c5ccccc5)nc5ccccc45)c23)cc1. The van der Waals surface area contributed by atoms with Gasteiger partial charge in [-0.1, -0.05) is 115 Å². The van der Waals surface area contributed by atoms with Gasteiger partial charge in [-0.2, -0.15) is 0 Å². The molecule has 3 nitrogen and oxygen atoms in total. The lowest BCUT2D eigenvalue weighted by Crippen LogP contribution is -1.93. The molecule has 3 aromatic heterocycles. The second kappa shape index (κ2) is 10.5. The molecule has 0 saturated carbocycles. The third kappa shape index (κ3) is 4.11. The van der Waals surface area contributed by atoms with E-state index in [0.29, 0.717) is 0 Å². The van der Waals surface area contributed by atoms with E-state index < -0.39 is 0 Å². The molecule has 0 aliphatic rings. The molecule has 0 spiro atoms. The smallest absolute Gasteiger partial charge is 0.137 e. The Hall–Kier alpha value is -6.45. The van der Waals surface area contributed by atoms with Crippen LogP contribution in [-0.4, -0.2) is 9.55 Å². The third-order valence-electron chi connectivity index (χ3n) is 9.59. The maximum atomic E-state index is 6.65. The average Bonchev–Trinajstić information content (AvgIpc) is 3.70. The number of aromatic nitrogens is 2. The van der Waals surface area contributed by atoms with Crippen LogP contribution in [0, 0.1) is 0 Å². The number of furan rings is 1. The summed E-state index contributed by atoms with van der Waals surface area (Å²) in [6, 6.07) is 60.1. The molecule has 3 heterocycles. The molecule has 3 heteroatoms. The first kappa shape index (κ1) is 26.7. The normalized spacial score (nSPS) is 11.8. The Balaban J connectivity index is 1.18. The molecule has 0 unspecified atom stereocenters. The van der Waals surface area contributed by atoms with Crippen molar-refractivity contribution in [3.05, 3.63) is 170 Å². The van der Waals surface area contributed by atoms with Crippen LogP contribution in [0.2, 0.25) is 0 Å². The summed E-state index contributed by atoms with van der Waals surface area (Å²) >= 11 is 0. The van der Waals surface area contributed by atoms with Gasteiger partial charge in [0.2, 0.25) is 0 Å². The van der Waals surface area contributed by atoms with Crippen LogP contribution in [0.5, 0.6) is 0 Å². The predicted molar refractivity (Wildman–Crippen MR) is 200 cm³/mol. The summed E-state index contributed by atoms with van der Waals surface area (Å²) < 4.78 is 9.01. The summed E-state index contributed by atoms with van der Waals surface area (Å²) in [6.45, 7) is 0. The third-order valence-corrected chi connectivity index (χ3v) is 9.59. The molecule has 0 amide bonds. The molecule has 7 aromatic carbocycles. The van der Waals surface area contributed by atoms with Crippen molar-refractivity contribution in [1.29, 1.82) is 0 Å². The summed E-state index contributed by atoms with van der Waals surface area (Å²) in [5, 5.41) is 5.80. The number of nitrogens with zero attached hydrogens (tertiary/aromatic N) is 2. The summed E-state index contributed by atoms with van der Waals surface area (Å²) in [7, 11) is 0. The van der Waals surface area contributed by atoms with Crippen molar-refractivity contribution in [3.8, 4) is 39.2 Å². The number of rotatable bonds is 4. The van der Waals surface area contributed by atoms with Gasteiger partial charge in [0.25, 0.3) is 0 Å². The summed E-state index contributed by atoms with van der Waals surface area (Å²) in [4.78, 5) is 5.05. The van der Waals surface area contributed by atoms with Gasteiger partial charge in [-0.25, -0.2) is 4.98 Å². The van der Waals surface area contributed by atoms with Crippen molar-refractivity contribution in [2.24, 2.45) is 0 Å². The second-order valence-electron chi connectivity index (χ2n) is 12.3. The highest BCUT2D eigenvalue weighted by Crippen LogP contribution is 2.42. The topological polar surface area (TPSA) is 31.0 Å². The molecule has 10 aromatic rings. The van der Waals surface area contributed by atoms with Crippen LogP contribution in [0.15, 0.2) is 174 Å². The first-order chi connectivity index (χ1) is 23.8. The molecule has 0 atom stereocenters. The Morgan fingerprint density at radius 3 is 2.00 bits per heavy atom. The van der Waals surface area contributed by atoms with Crippen molar-refractivity contribution in [3.63, 3.8) is 0 Å². The number of fused-ring (bicyclic) bond motifs is 7. The Labute approximate surface area is 277 Å². The summed E-state index contributed by atoms with van der Waals surface area (Å²) in [5.41, 5.74) is 12.9. The van der Waals surface area contributed by atoms with E-state index in [2.05, 4.69) is 168 Å². The van der Waals surface area contributed by atoms with Gasteiger partial charge in [-0.05, 0) is 70.8 Å². The van der Waals surface area contributed by atoms with E-state index in [0.717, 1.165) is 60.9 Å². The summed E-state index contributed by atoms with van der Waals surface area (Å²) in [6.07, 6.45) is 0. The maximum absolute atomic E-state index is 6.65. The lowest BCUT2D eigenvalue weighted by atomic mass is 9.94. The van der Waals surface area contributed by atoms with E-state index >= 15 is 0 Å². The average molecular weight is 613 g/mol. The predicted octanol–water partition coefficient (Wildman–Crippen LogP) is 12.2. The molecule has 48 heavy (non-hydrogen) atoms. The zero-order valence-electron chi connectivity index (χ0n) is 26.0. The molecule has 0 radical (unpaired) electrons. The number of hydrogen-bond acceptors (Lipinski definition) is 2. The van der Waals surface area contributed by atoms with Gasteiger partial charge >= 0.3 is 0 Å². The van der Waals surface area contributed by atoms with Gasteiger partial charge in [0.1, 0.15) is 11.2 Å². The maximum Gasteiger partial charge on any atom is 0.137 e. The first-order valence-corrected chi connectivity index (χ1v) is 16.3. The number of para-hydroxylation sites is 2. The quantitative estimate of drug-likeness (QED) is 0.198. The number of pyridine rings is 1. The van der Waals surface area contributed by atoms with E-state index in [-0.39, 0.29) is 0 Å². The summed E-state index contributed by atoms with van der Waals surface area (Å²) in [5.74, 6) is 0. The molecule has 0 aliphatic carbocycles. The van der Waals surface area contributed by atoms with E-state index in [1.807, 2.05) is 6.07 Å². The first-order valence-electron chi connectivity index (χ1n) is 16.3. The van der Waals surface area contributed by atoms with Gasteiger partial charge < -0.3 is 8.98 Å². The van der Waals surface area contributed by atoms with Gasteiger partial charge in [-0.15, -0.1) is 0 Å². The number of benzene rings is 7. The van der Waals surface area contributed by atoms with Gasteiger partial charge in [0.15, 0.2) is 0 Å². The van der Waals surface area contributed by atoms with Crippen LogP contribution >= 0.6 is 0 Å². The number of hydrogen-bond donors (Lipinski definition) is 0. The lowest BCUT2D eigenvalue weighted by Gasteiger charge is -2.12. The van der Waals surface area contributed by atoms with Crippen molar-refractivity contribution >= 4 is 54.6 Å². The molecular weight excluding hydrogens is 585 g/mol. The Kier molecular flexibility index (Phi) is 5.87. The largest absolute Gasteiger partial charge is 0.456 e. The van der Waals surface area contributed by atoms with Crippen molar-refractivity contribution < 1.29 is 4.42 Å². The minimum Gasteiger partial charge on any atom is -0.456 e. The molecule has 224 valence electrons. The highest BCUT2D eigenvalue weighted by Gasteiger charge is 2.18. The van der Waals surface area contributed by atoms with Crippen LogP contribution in [0.25, 0.3) is 93.8 Å². The van der Waals surface area contributed by atoms with Gasteiger partial charge in [0.05, 0.1) is 22.2 Å². The van der Waals surface area contributed by atoms with Crippen LogP contribution < -0.4 is 0 Å². The lowest BCUT2D eigenvalue weighted by molar-refractivity contribution is 0.668. The zero-order valence-corrected chi connectivity index (χ0v) is 26.0. The standard InChI is InChI=1S/C45H28N2O/c1-3-12-29(13-4-1)31-22-25-42-38(26-31)34-17-8-10-20-41(34)47(42)32-23-24-36-44(27-32)48-43-21-11-18-35(45(36)43)37-28-40(30-14-5-2-6-15-30)46-39-19-9-7-16-33(37)39/h1-28H. The fourth-order valence-corrected chi connectivity index (χ4v) is 7.39. The zero-order chi connectivity index (χ0) is 31.6. The van der Waals surface area contributed by atoms with E-state index in [1.165, 1.54) is 32.9 Å². The van der Waals surface area contributed by atoms with E-state index in [1.54, 1.807) is 0 Å². The minimum atomic E-state index is 0.864. The molecule has 0 saturated heterocycles. The van der Waals surface area contributed by atoms with Crippen LogP contribution in [0.4, 0.5) is 0 Å². The fraction of sp³-hybridized carbons (Fsp3) is 0. The highest BCUT2D eigenvalue weighted by molar-refractivity contribution is 6.16. The van der Waals surface area contributed by atoms with Crippen molar-refractivity contribution in [2.75, 3.05) is 0 Å². The molecule has 0 aliphatic heterocycles. The van der Waals surface area contributed by atoms with Crippen LogP contribution in [0.3, 0.4) is 0 Å². The molecule has 0 fully saturated rings. The van der Waals surface area contributed by atoms with Crippen LogP contribution in [0.1, 0.15) is 0 Å². The van der Waals surface area contributed by atoms with Gasteiger partial charge in [-0.3, -0.25) is 0 Å². The minimum absolute atomic E-state index is 0.864. The highest BCUT2D eigenvalue weighted by atomic mass is 16.3. The molecular formula is C45H28N2O.